The highest BCUT2D eigenvalue weighted by molar-refractivity contribution is 8.53. The zero-order chi connectivity index (χ0) is 27.4. The van der Waals surface area contributed by atoms with Crippen molar-refractivity contribution in [2.75, 3.05) is 6.61 Å². The van der Waals surface area contributed by atoms with E-state index in [2.05, 4.69) is 19.2 Å². The van der Waals surface area contributed by atoms with Crippen LogP contribution in [-0.4, -0.2) is 39.9 Å². The van der Waals surface area contributed by atoms with E-state index in [-0.39, 0.29) is 12.5 Å². The molecule has 0 bridgehead atoms. The molecule has 0 fully saturated rings. The number of rotatable bonds is 29. The van der Waals surface area contributed by atoms with Crippen LogP contribution in [0.5, 0.6) is 0 Å². The van der Waals surface area contributed by atoms with Crippen molar-refractivity contribution in [1.29, 1.82) is 2.61 Å². The summed E-state index contributed by atoms with van der Waals surface area (Å²) in [6, 6.07) is -0.462. The third-order valence-corrected chi connectivity index (χ3v) is 7.67. The van der Waals surface area contributed by atoms with E-state index in [9.17, 15) is 9.90 Å². The summed E-state index contributed by atoms with van der Waals surface area (Å²) in [5.41, 5.74) is 0. The van der Waals surface area contributed by atoms with E-state index in [0.717, 1.165) is 44.9 Å². The molecule has 1 amide bonds. The molecule has 35 heavy (non-hydrogen) atoms. The van der Waals surface area contributed by atoms with Gasteiger partial charge in [0.2, 0.25) is 5.91 Å². The van der Waals surface area contributed by atoms with E-state index in [1.54, 1.807) is 0 Å². The summed E-state index contributed by atoms with van der Waals surface area (Å²) >= 11 is 0.954. The van der Waals surface area contributed by atoms with Crippen LogP contribution in [0.3, 0.4) is 0 Å². The molecule has 1 radical (unpaired) electrons. The van der Waals surface area contributed by atoms with Gasteiger partial charge in [-0.1, -0.05) is 143 Å². The maximum absolute atomic E-state index is 12.5. The van der Waals surface area contributed by atoms with Crippen molar-refractivity contribution >= 4 is 32.7 Å². The van der Waals surface area contributed by atoms with E-state index in [4.69, 9.17) is 6.80 Å². The van der Waals surface area contributed by atoms with E-state index in [1.165, 1.54) is 103 Å². The molecule has 207 valence electrons. The average Bonchev–Trinajstić information content (AvgIpc) is 2.89. The summed E-state index contributed by atoms with van der Waals surface area (Å²) in [6.45, 7) is 4.66. The Balaban J connectivity index is 4.11. The van der Waals surface area contributed by atoms with Crippen molar-refractivity contribution in [1.82, 2.24) is 5.32 Å². The first-order valence-electron chi connectivity index (χ1n) is 15.8. The highest BCUT2D eigenvalue weighted by atomic mass is 32.7. The molecule has 1 unspecified atom stereocenters. The molecule has 0 saturated heterocycles. The molecule has 0 aliphatic carbocycles. The molecule has 0 saturated carbocycles. The summed E-state index contributed by atoms with van der Waals surface area (Å²) in [7, 11) is -0.335. The van der Waals surface area contributed by atoms with E-state index in [0.29, 0.717) is 12.8 Å². The Kier molecular flexibility index (Phi) is 25.9. The fourth-order valence-corrected chi connectivity index (χ4v) is 5.11. The predicted molar refractivity (Wildman–Crippen MR) is 160 cm³/mol. The lowest BCUT2D eigenvalue weighted by Crippen LogP contribution is -2.46. The lowest BCUT2D eigenvalue weighted by atomic mass is 10.0. The van der Waals surface area contributed by atoms with Crippen LogP contribution in [0, 0.1) is 0 Å². The van der Waals surface area contributed by atoms with Gasteiger partial charge in [0.05, 0.1) is 20.0 Å². The Hall–Kier alpha value is 0.235. The van der Waals surface area contributed by atoms with Crippen molar-refractivity contribution in [2.24, 2.45) is 0 Å². The van der Waals surface area contributed by atoms with E-state index < -0.39 is 19.8 Å². The van der Waals surface area contributed by atoms with Crippen LogP contribution in [0.1, 0.15) is 155 Å². The number of hydrogen-bond donors (Lipinski definition) is 2. The molecule has 0 spiro atoms. The second-order valence-corrected chi connectivity index (χ2v) is 11.8. The third kappa shape index (κ3) is 25.7. The van der Waals surface area contributed by atoms with Gasteiger partial charge in [-0.25, -0.2) is 0 Å². The fraction of sp³-hybridized carbons (Fsp3) is 0.964. The Morgan fingerprint density at radius 1 is 0.886 bits per heavy atom. The smallest absolute Gasteiger partial charge is 0.220 e. The van der Waals surface area contributed by atoms with Crippen LogP contribution in [0.15, 0.2) is 0 Å². The van der Waals surface area contributed by atoms with Crippen molar-refractivity contribution in [3.8, 4) is 0 Å². The Bertz CT molecular complexity index is 500. The number of amides is 1. The van der Waals surface area contributed by atoms with Crippen LogP contribution >= 0.6 is 19.3 Å². The van der Waals surface area contributed by atoms with Crippen LogP contribution in [-0.2, 0) is 8.98 Å². The van der Waals surface area contributed by atoms with Gasteiger partial charge in [-0.15, -0.1) is 0 Å². The van der Waals surface area contributed by atoms with Gasteiger partial charge in [-0.2, -0.15) is 0 Å². The monoisotopic (exact) mass is 533 g/mol. The topological polar surface area (TPSA) is 58.6 Å². The highest BCUT2D eigenvalue weighted by Crippen LogP contribution is 2.25. The highest BCUT2D eigenvalue weighted by Gasteiger charge is 2.21. The maximum Gasteiger partial charge on any atom is 0.220 e. The number of aliphatic hydroxyl groups is 1. The quantitative estimate of drug-likeness (QED) is 0.0438. The molecule has 0 aliphatic rings. The number of aliphatic hydroxyl groups excluding tert-OH is 1. The van der Waals surface area contributed by atoms with Crippen molar-refractivity contribution < 1.29 is 14.1 Å². The number of carbonyl (C=O) groups excluding carboxylic acids is 1. The maximum atomic E-state index is 12.5. The van der Waals surface area contributed by atoms with Crippen molar-refractivity contribution in [2.45, 2.75) is 167 Å². The van der Waals surface area contributed by atoms with Gasteiger partial charge in [-0.05, 0) is 14.2 Å². The minimum atomic E-state index is -1.40. The molecule has 0 aromatic heterocycles. The summed E-state index contributed by atoms with van der Waals surface area (Å²) in [5.74, 6) is -0.0270. The van der Waals surface area contributed by atoms with Gasteiger partial charge in [-0.3, -0.25) is 4.79 Å². The van der Waals surface area contributed by atoms with Gasteiger partial charge < -0.3 is 14.6 Å². The first kappa shape index (κ1) is 31.5. The number of carbonyl (C=O) groups is 1. The zero-order valence-corrected chi connectivity index (χ0v) is 24.8. The van der Waals surface area contributed by atoms with Crippen LogP contribution in [0.25, 0.3) is 0 Å². The van der Waals surface area contributed by atoms with Gasteiger partial charge >= 0.3 is 0 Å². The van der Waals surface area contributed by atoms with Crippen LogP contribution < -0.4 is 5.32 Å². The molecular formula is C28H58BNO3PS. The lowest BCUT2D eigenvalue weighted by molar-refractivity contribution is -0.123. The Labute approximate surface area is 228 Å². The second-order valence-electron chi connectivity index (χ2n) is 10.1. The first-order valence-corrected chi connectivity index (χ1v) is 17.1. The SMILES string of the molecule is [2H]P([B][3H])SOC[C@H](NC(=O)CCCCCCCCCCCCC)[C@@H](O)CCCCCCCCCCC. The molecule has 0 aromatic rings. The Morgan fingerprint density at radius 3 is 1.83 bits per heavy atom. The minimum absolute atomic E-state index is 0.0270. The van der Waals surface area contributed by atoms with Crippen LogP contribution in [0.2, 0.25) is 0 Å². The standard InChI is InChI=1S/C28H58BNO3PS/c1-3-5-7-9-11-13-14-16-18-20-22-24-28(32)30-26(25-33-35-34-29)27(31)23-21-19-17-15-12-10-8-6-4-2/h26-27,29,31,34H,3-25H2,1-2H3,(H,30,32)/t26-,27-,34?/m0/s1/i29T,34D. The van der Waals surface area contributed by atoms with Gasteiger partial charge in [0.15, 0.2) is 0 Å². The van der Waals surface area contributed by atoms with Crippen molar-refractivity contribution in [3.63, 3.8) is 0 Å². The fourth-order valence-electron chi connectivity index (χ4n) is 4.48. The first-order chi connectivity index (χ1) is 18.0. The molecule has 2 N–H and O–H groups in total. The summed E-state index contributed by atoms with van der Waals surface area (Å²) in [6.07, 6.45) is 25.3. The number of hydrogen-bond acceptors (Lipinski definition) is 4. The normalized spacial score (nSPS) is 14.7. The molecule has 0 heterocycles. The molecule has 0 aliphatic heterocycles. The number of unbranched alkanes of at least 4 members (excludes halogenated alkanes) is 18. The molecule has 0 aromatic carbocycles. The molecule has 0 rings (SSSR count). The average molecular weight is 534 g/mol. The van der Waals surface area contributed by atoms with Crippen LogP contribution in [0.4, 0.5) is 0 Å². The number of nitrogens with one attached hydrogen (secondary N) is 1. The molecular weight excluding hydrogens is 472 g/mol. The summed E-state index contributed by atoms with van der Waals surface area (Å²) in [4.78, 5) is 12.5. The zero-order valence-electron chi connectivity index (χ0n) is 25.1. The summed E-state index contributed by atoms with van der Waals surface area (Å²) in [5, 5.41) is 13.7. The molecule has 7 heteroatoms. The minimum Gasteiger partial charge on any atom is -0.391 e. The molecule has 3 atom stereocenters. The van der Waals surface area contributed by atoms with E-state index >= 15 is 0 Å². The van der Waals surface area contributed by atoms with Crippen molar-refractivity contribution in [3.05, 3.63) is 0 Å². The lowest BCUT2D eigenvalue weighted by Gasteiger charge is -2.24. The van der Waals surface area contributed by atoms with Gasteiger partial charge in [0.1, 0.15) is 7.53 Å². The Morgan fingerprint density at radius 2 is 1.34 bits per heavy atom. The second kappa shape index (κ2) is 28.8. The third-order valence-electron chi connectivity index (χ3n) is 6.77. The van der Waals surface area contributed by atoms with Gasteiger partial charge in [0.25, 0.3) is 0 Å². The predicted octanol–water partition coefficient (Wildman–Crippen LogP) is 8.53. The largest absolute Gasteiger partial charge is 0.391 e. The van der Waals surface area contributed by atoms with Gasteiger partial charge in [0, 0.05) is 18.1 Å². The molecule has 4 nitrogen and oxygen atoms in total. The summed E-state index contributed by atoms with van der Waals surface area (Å²) < 4.78 is 20.3. The van der Waals surface area contributed by atoms with E-state index in [1.807, 2.05) is 0 Å².